The maximum absolute atomic E-state index is 6.61. The maximum atomic E-state index is 6.61. The van der Waals surface area contributed by atoms with Gasteiger partial charge in [-0.05, 0) is 64.5 Å². The first kappa shape index (κ1) is 21.6. The lowest BCUT2D eigenvalue weighted by Crippen LogP contribution is -2.54. The summed E-state index contributed by atoms with van der Waals surface area (Å²) in [5.41, 5.74) is 8.73. The second-order valence-corrected chi connectivity index (χ2v) is 11.4. The molecule has 0 bridgehead atoms. The van der Waals surface area contributed by atoms with Crippen LogP contribution in [0.3, 0.4) is 0 Å². The van der Waals surface area contributed by atoms with Crippen molar-refractivity contribution in [2.24, 2.45) is 0 Å². The van der Waals surface area contributed by atoms with Gasteiger partial charge in [0, 0.05) is 32.8 Å². The fourth-order valence-corrected chi connectivity index (χ4v) is 6.26. The Morgan fingerprint density at radius 1 is 0.684 bits per heavy atom. The zero-order chi connectivity index (χ0) is 25.6. The van der Waals surface area contributed by atoms with E-state index >= 15 is 0 Å². The third kappa shape index (κ3) is 2.97. The predicted octanol–water partition coefficient (Wildman–Crippen LogP) is 7.62. The average Bonchev–Trinajstić information content (AvgIpc) is 3.25. The van der Waals surface area contributed by atoms with Gasteiger partial charge < -0.3 is 14.0 Å². The number of hydrogen-bond acceptors (Lipinski definition) is 2. The number of benzene rings is 5. The number of ether oxygens (including phenoxy) is 2. The summed E-state index contributed by atoms with van der Waals surface area (Å²) in [6.45, 7) is 6.78. The Morgan fingerprint density at radius 3 is 2.34 bits per heavy atom. The molecule has 0 radical (unpaired) electrons. The van der Waals surface area contributed by atoms with Crippen LogP contribution in [0.15, 0.2) is 103 Å². The number of hydrogen-bond donors (Lipinski definition) is 0. The van der Waals surface area contributed by atoms with Gasteiger partial charge in [-0.15, -0.1) is 0 Å². The second kappa shape index (κ2) is 7.55. The van der Waals surface area contributed by atoms with Crippen molar-refractivity contribution in [1.29, 1.82) is 0 Å². The quantitative estimate of drug-likeness (QED) is 0.232. The Kier molecular flexibility index (Phi) is 4.30. The molecule has 8 rings (SSSR count). The van der Waals surface area contributed by atoms with Crippen LogP contribution >= 0.6 is 0 Å². The molecule has 0 unspecified atom stereocenters. The molecule has 182 valence electrons. The van der Waals surface area contributed by atoms with Crippen molar-refractivity contribution >= 4 is 39.6 Å². The summed E-state index contributed by atoms with van der Waals surface area (Å²) >= 11 is 0. The third-order valence-corrected chi connectivity index (χ3v) is 8.06. The van der Waals surface area contributed by atoms with Crippen molar-refractivity contribution in [1.82, 2.24) is 4.48 Å². The monoisotopic (exact) mass is 491 g/mol. The van der Waals surface area contributed by atoms with E-state index in [0.29, 0.717) is 0 Å². The van der Waals surface area contributed by atoms with Gasteiger partial charge in [0.15, 0.2) is 0 Å². The van der Waals surface area contributed by atoms with Gasteiger partial charge in [-0.1, -0.05) is 81.4 Å². The fraction of sp³-hybridized carbons (Fsp3) is 0.118. The van der Waals surface area contributed by atoms with Crippen molar-refractivity contribution in [2.45, 2.75) is 26.2 Å². The lowest BCUT2D eigenvalue weighted by molar-refractivity contribution is 0.482. The average molecular weight is 491 g/mol. The number of aromatic nitrogens is 1. The summed E-state index contributed by atoms with van der Waals surface area (Å²) in [7, 11) is 0. The molecule has 2 aliphatic heterocycles. The van der Waals surface area contributed by atoms with Crippen LogP contribution in [0, 0.1) is 0 Å². The highest BCUT2D eigenvalue weighted by atomic mass is 16.5. The molecule has 3 heterocycles. The Hall–Kier alpha value is -4.44. The predicted molar refractivity (Wildman–Crippen MR) is 157 cm³/mol. The van der Waals surface area contributed by atoms with Gasteiger partial charge in [0.1, 0.15) is 23.0 Å². The first-order chi connectivity index (χ1) is 18.5. The zero-order valence-electron chi connectivity index (χ0n) is 21.7. The summed E-state index contributed by atoms with van der Waals surface area (Å²) in [5, 5.41) is 2.44. The molecule has 4 heteroatoms. The molecule has 0 spiro atoms. The molecule has 3 nitrogen and oxygen atoms in total. The van der Waals surface area contributed by atoms with Gasteiger partial charge >= 0.3 is 6.85 Å². The first-order valence-corrected chi connectivity index (χ1v) is 13.2. The lowest BCUT2D eigenvalue weighted by Gasteiger charge is -2.34. The standard InChI is InChI=1S/C34H26BNO2/c1-34(2,3)21-15-17-28-31(19-21)38-30-14-8-11-24-25-12-7-13-26-27-20-23(37-22-9-5-4-6-10-22)16-18-29(27)36(33(25)26)35(28)32(24)30/h4-20H,1-3H3. The molecule has 5 aromatic carbocycles. The Bertz CT molecular complexity index is 1910. The van der Waals surface area contributed by atoms with E-state index in [1.807, 2.05) is 30.3 Å². The minimum atomic E-state index is 0.0368. The molecule has 1 aromatic heterocycles. The highest BCUT2D eigenvalue weighted by Gasteiger charge is 2.41. The molecule has 0 saturated heterocycles. The molecule has 0 N–H and O–H groups in total. The molecule has 38 heavy (non-hydrogen) atoms. The number of rotatable bonds is 2. The topological polar surface area (TPSA) is 23.4 Å². The van der Waals surface area contributed by atoms with Gasteiger partial charge in [0.2, 0.25) is 0 Å². The molecule has 0 atom stereocenters. The van der Waals surface area contributed by atoms with Crippen LogP contribution < -0.4 is 20.4 Å². The molecule has 2 aliphatic rings. The van der Waals surface area contributed by atoms with E-state index in [9.17, 15) is 0 Å². The molecule has 0 fully saturated rings. The van der Waals surface area contributed by atoms with Crippen LogP contribution in [0.2, 0.25) is 0 Å². The smallest absolute Gasteiger partial charge is 0.336 e. The summed E-state index contributed by atoms with van der Waals surface area (Å²) in [6, 6.07) is 36.4. The van der Waals surface area contributed by atoms with Crippen molar-refractivity contribution in [3.63, 3.8) is 0 Å². The van der Waals surface area contributed by atoms with Gasteiger partial charge in [-0.3, -0.25) is 0 Å². The van der Waals surface area contributed by atoms with E-state index in [1.54, 1.807) is 0 Å². The fourth-order valence-electron chi connectivity index (χ4n) is 6.26. The van der Waals surface area contributed by atoms with Crippen LogP contribution in [0.1, 0.15) is 26.3 Å². The third-order valence-electron chi connectivity index (χ3n) is 8.06. The SMILES string of the molecule is CC(C)(C)c1ccc2c(c1)Oc1cccc3c1B2n1c2ccc(Oc4ccccc4)cc2c2cccc-3c21. The van der Waals surface area contributed by atoms with Crippen LogP contribution in [-0.4, -0.2) is 11.3 Å². The van der Waals surface area contributed by atoms with E-state index in [0.717, 1.165) is 23.0 Å². The largest absolute Gasteiger partial charge is 0.458 e. The van der Waals surface area contributed by atoms with Gasteiger partial charge in [-0.2, -0.15) is 0 Å². The van der Waals surface area contributed by atoms with Crippen LogP contribution in [0.25, 0.3) is 32.9 Å². The molecule has 0 aliphatic carbocycles. The minimum absolute atomic E-state index is 0.0368. The molecule has 0 amide bonds. The Labute approximate surface area is 222 Å². The van der Waals surface area contributed by atoms with Crippen molar-refractivity contribution in [3.8, 4) is 34.1 Å². The molecule has 0 saturated carbocycles. The van der Waals surface area contributed by atoms with E-state index < -0.39 is 0 Å². The van der Waals surface area contributed by atoms with Crippen molar-refractivity contribution in [2.75, 3.05) is 0 Å². The van der Waals surface area contributed by atoms with E-state index in [2.05, 4.69) is 98.0 Å². The molecular formula is C34H26BNO2. The van der Waals surface area contributed by atoms with Gasteiger partial charge in [-0.25, -0.2) is 0 Å². The summed E-state index contributed by atoms with van der Waals surface area (Å²) in [4.78, 5) is 0. The van der Waals surface area contributed by atoms with Gasteiger partial charge in [0.25, 0.3) is 0 Å². The van der Waals surface area contributed by atoms with Crippen LogP contribution in [0.4, 0.5) is 0 Å². The lowest BCUT2D eigenvalue weighted by atomic mass is 9.46. The molecule has 6 aromatic rings. The Morgan fingerprint density at radius 2 is 1.50 bits per heavy atom. The first-order valence-electron chi connectivity index (χ1n) is 13.2. The zero-order valence-corrected chi connectivity index (χ0v) is 21.7. The maximum Gasteiger partial charge on any atom is 0.336 e. The second-order valence-electron chi connectivity index (χ2n) is 11.4. The van der Waals surface area contributed by atoms with Gasteiger partial charge in [0.05, 0.1) is 0 Å². The van der Waals surface area contributed by atoms with Crippen LogP contribution in [0.5, 0.6) is 23.0 Å². The number of nitrogens with zero attached hydrogens (tertiary/aromatic N) is 1. The summed E-state index contributed by atoms with van der Waals surface area (Å²) in [6.07, 6.45) is 0. The van der Waals surface area contributed by atoms with E-state index in [-0.39, 0.29) is 12.3 Å². The van der Waals surface area contributed by atoms with Crippen molar-refractivity contribution in [3.05, 3.63) is 109 Å². The highest BCUT2D eigenvalue weighted by Crippen LogP contribution is 2.43. The number of para-hydroxylation sites is 2. The van der Waals surface area contributed by atoms with Crippen molar-refractivity contribution < 1.29 is 9.47 Å². The number of fused-ring (bicyclic) bond motifs is 7. The summed E-state index contributed by atoms with van der Waals surface area (Å²) < 4.78 is 15.4. The molecular weight excluding hydrogens is 465 g/mol. The van der Waals surface area contributed by atoms with Crippen LogP contribution in [-0.2, 0) is 5.41 Å². The highest BCUT2D eigenvalue weighted by molar-refractivity contribution is 6.88. The summed E-state index contributed by atoms with van der Waals surface area (Å²) in [5.74, 6) is 3.57. The minimum Gasteiger partial charge on any atom is -0.458 e. The van der Waals surface area contributed by atoms with E-state index in [1.165, 1.54) is 49.4 Å². The normalized spacial score (nSPS) is 13.3. The Balaban J connectivity index is 1.41. The van der Waals surface area contributed by atoms with E-state index in [4.69, 9.17) is 9.47 Å².